The van der Waals surface area contributed by atoms with Crippen molar-refractivity contribution in [2.45, 2.75) is 19.4 Å². The Balaban J connectivity index is 2.69. The van der Waals surface area contributed by atoms with E-state index in [1.165, 1.54) is 18.2 Å². The first-order valence-corrected chi connectivity index (χ1v) is 5.44. The maximum Gasteiger partial charge on any atom is 0.221 e. The minimum absolute atomic E-state index is 0.106. The summed E-state index contributed by atoms with van der Waals surface area (Å²) in [7, 11) is 1.73. The molecule has 0 aliphatic heterocycles. The number of benzene rings is 1. The van der Waals surface area contributed by atoms with Crippen molar-refractivity contribution in [3.8, 4) is 0 Å². The van der Waals surface area contributed by atoms with Crippen LogP contribution in [0, 0.1) is 11.6 Å². The van der Waals surface area contributed by atoms with Crippen molar-refractivity contribution in [2.24, 2.45) is 0 Å². The summed E-state index contributed by atoms with van der Waals surface area (Å²) < 4.78 is 26.8. The Hall–Kier alpha value is -1.49. The quantitative estimate of drug-likeness (QED) is 0.826. The van der Waals surface area contributed by atoms with Gasteiger partial charge in [-0.2, -0.15) is 0 Å². The van der Waals surface area contributed by atoms with Gasteiger partial charge in [-0.1, -0.05) is 6.07 Å². The molecule has 0 radical (unpaired) electrons. The van der Waals surface area contributed by atoms with Gasteiger partial charge in [-0.25, -0.2) is 8.78 Å². The van der Waals surface area contributed by atoms with E-state index >= 15 is 0 Å². The number of halogens is 2. The Labute approximate surface area is 99.2 Å². The zero-order chi connectivity index (χ0) is 12.8. The van der Waals surface area contributed by atoms with E-state index in [4.69, 9.17) is 0 Å². The van der Waals surface area contributed by atoms with Crippen molar-refractivity contribution in [3.63, 3.8) is 0 Å². The van der Waals surface area contributed by atoms with Crippen molar-refractivity contribution >= 4 is 5.91 Å². The summed E-state index contributed by atoms with van der Waals surface area (Å²) in [4.78, 5) is 11.4. The molecule has 0 saturated carbocycles. The van der Waals surface area contributed by atoms with Gasteiger partial charge < -0.3 is 10.6 Å². The number of hydrogen-bond donors (Lipinski definition) is 2. The molecule has 94 valence electrons. The molecule has 0 heterocycles. The minimum atomic E-state index is -0.680. The first-order valence-electron chi connectivity index (χ1n) is 5.44. The van der Waals surface area contributed by atoms with E-state index in [0.717, 1.165) is 0 Å². The Kier molecular flexibility index (Phi) is 5.03. The third kappa shape index (κ3) is 3.78. The molecule has 0 spiro atoms. The van der Waals surface area contributed by atoms with Gasteiger partial charge in [-0.05, 0) is 26.1 Å². The Morgan fingerprint density at radius 3 is 2.47 bits per heavy atom. The van der Waals surface area contributed by atoms with Crippen LogP contribution in [0.25, 0.3) is 0 Å². The van der Waals surface area contributed by atoms with Gasteiger partial charge in [0, 0.05) is 18.5 Å². The molecule has 0 aliphatic carbocycles. The van der Waals surface area contributed by atoms with Gasteiger partial charge in [0.05, 0.1) is 6.04 Å². The van der Waals surface area contributed by atoms with Crippen LogP contribution in [-0.4, -0.2) is 19.5 Å². The summed E-state index contributed by atoms with van der Waals surface area (Å²) in [6, 6.07) is 2.97. The average Bonchev–Trinajstić information content (AvgIpc) is 2.26. The number of carbonyl (C=O) groups excluding carboxylic acids is 1. The zero-order valence-electron chi connectivity index (χ0n) is 9.89. The summed E-state index contributed by atoms with van der Waals surface area (Å²) >= 11 is 0. The monoisotopic (exact) mass is 242 g/mol. The van der Waals surface area contributed by atoms with E-state index in [2.05, 4.69) is 10.6 Å². The van der Waals surface area contributed by atoms with Gasteiger partial charge in [0.1, 0.15) is 11.6 Å². The van der Waals surface area contributed by atoms with Crippen LogP contribution in [-0.2, 0) is 4.79 Å². The van der Waals surface area contributed by atoms with Gasteiger partial charge in [0.15, 0.2) is 0 Å². The van der Waals surface area contributed by atoms with Crippen LogP contribution < -0.4 is 10.6 Å². The van der Waals surface area contributed by atoms with E-state index in [1.807, 2.05) is 0 Å². The van der Waals surface area contributed by atoms with Crippen LogP contribution in [0.2, 0.25) is 0 Å². The lowest BCUT2D eigenvalue weighted by Gasteiger charge is -2.15. The largest absolute Gasteiger partial charge is 0.349 e. The van der Waals surface area contributed by atoms with Gasteiger partial charge in [0.25, 0.3) is 0 Å². The van der Waals surface area contributed by atoms with Crippen LogP contribution in [0.15, 0.2) is 18.2 Å². The summed E-state index contributed by atoms with van der Waals surface area (Å²) in [6.07, 6.45) is 0.275. The van der Waals surface area contributed by atoms with Gasteiger partial charge in [0.2, 0.25) is 5.91 Å². The second-order valence-corrected chi connectivity index (χ2v) is 3.78. The van der Waals surface area contributed by atoms with E-state index in [0.29, 0.717) is 6.54 Å². The molecule has 3 nitrogen and oxygen atoms in total. The number of rotatable bonds is 5. The molecule has 1 aromatic rings. The van der Waals surface area contributed by atoms with Crippen molar-refractivity contribution in [2.75, 3.05) is 13.6 Å². The Bertz CT molecular complexity index is 376. The molecule has 5 heteroatoms. The summed E-state index contributed by atoms with van der Waals surface area (Å²) in [5.41, 5.74) is -0.106. The van der Waals surface area contributed by atoms with Crippen molar-refractivity contribution in [1.82, 2.24) is 10.6 Å². The molecule has 0 aromatic heterocycles. The summed E-state index contributed by atoms with van der Waals surface area (Å²) in [5, 5.41) is 5.38. The van der Waals surface area contributed by atoms with Crippen LogP contribution >= 0.6 is 0 Å². The molecule has 2 N–H and O–H groups in total. The van der Waals surface area contributed by atoms with E-state index in [1.54, 1.807) is 14.0 Å². The predicted octanol–water partition coefficient (Wildman–Crippen LogP) is 1.75. The molecule has 0 saturated heterocycles. The molecule has 1 aromatic carbocycles. The molecule has 1 rings (SSSR count). The van der Waals surface area contributed by atoms with E-state index < -0.39 is 17.7 Å². The van der Waals surface area contributed by atoms with Crippen LogP contribution in [0.4, 0.5) is 8.78 Å². The molecule has 1 unspecified atom stereocenters. The van der Waals surface area contributed by atoms with Crippen LogP contribution in [0.1, 0.15) is 24.9 Å². The number of nitrogens with one attached hydrogen (secondary N) is 2. The topological polar surface area (TPSA) is 41.1 Å². The van der Waals surface area contributed by atoms with Crippen LogP contribution in [0.3, 0.4) is 0 Å². The molecular weight excluding hydrogens is 226 g/mol. The number of amides is 1. The lowest BCUT2D eigenvalue weighted by molar-refractivity contribution is -0.121. The molecule has 17 heavy (non-hydrogen) atoms. The maximum atomic E-state index is 13.4. The third-order valence-electron chi connectivity index (χ3n) is 2.41. The highest BCUT2D eigenvalue weighted by Gasteiger charge is 2.17. The SMILES string of the molecule is CNCCC(=O)NC(C)c1c(F)cccc1F. The Morgan fingerprint density at radius 2 is 1.94 bits per heavy atom. The number of hydrogen-bond acceptors (Lipinski definition) is 2. The third-order valence-corrected chi connectivity index (χ3v) is 2.41. The fourth-order valence-electron chi connectivity index (χ4n) is 1.55. The van der Waals surface area contributed by atoms with Gasteiger partial charge in [-0.3, -0.25) is 4.79 Å². The zero-order valence-corrected chi connectivity index (χ0v) is 9.89. The molecule has 0 bridgehead atoms. The molecule has 1 amide bonds. The second kappa shape index (κ2) is 6.30. The minimum Gasteiger partial charge on any atom is -0.349 e. The van der Waals surface area contributed by atoms with Gasteiger partial charge in [-0.15, -0.1) is 0 Å². The first-order chi connectivity index (χ1) is 8.06. The summed E-state index contributed by atoms with van der Waals surface area (Å²) in [6.45, 7) is 2.08. The van der Waals surface area contributed by atoms with Crippen molar-refractivity contribution < 1.29 is 13.6 Å². The first kappa shape index (κ1) is 13.6. The van der Waals surface area contributed by atoms with Crippen molar-refractivity contribution in [3.05, 3.63) is 35.4 Å². The van der Waals surface area contributed by atoms with Crippen LogP contribution in [0.5, 0.6) is 0 Å². The maximum absolute atomic E-state index is 13.4. The normalized spacial score (nSPS) is 12.2. The van der Waals surface area contributed by atoms with E-state index in [9.17, 15) is 13.6 Å². The fourth-order valence-corrected chi connectivity index (χ4v) is 1.55. The number of carbonyl (C=O) groups is 1. The van der Waals surface area contributed by atoms with Crippen molar-refractivity contribution in [1.29, 1.82) is 0 Å². The molecule has 0 fully saturated rings. The lowest BCUT2D eigenvalue weighted by atomic mass is 10.1. The lowest BCUT2D eigenvalue weighted by Crippen LogP contribution is -2.30. The van der Waals surface area contributed by atoms with Gasteiger partial charge >= 0.3 is 0 Å². The highest BCUT2D eigenvalue weighted by Crippen LogP contribution is 2.20. The highest BCUT2D eigenvalue weighted by molar-refractivity contribution is 5.76. The summed E-state index contributed by atoms with van der Waals surface area (Å²) in [5.74, 6) is -1.53. The standard InChI is InChI=1S/C12H16F2N2O/c1-8(16-11(17)6-7-15-2)12-9(13)4-3-5-10(12)14/h3-5,8,15H,6-7H2,1-2H3,(H,16,17). The smallest absolute Gasteiger partial charge is 0.221 e. The second-order valence-electron chi connectivity index (χ2n) is 3.78. The average molecular weight is 242 g/mol. The fraction of sp³-hybridized carbons (Fsp3) is 0.417. The molecule has 0 aliphatic rings. The molecule has 1 atom stereocenters. The highest BCUT2D eigenvalue weighted by atomic mass is 19.1. The predicted molar refractivity (Wildman–Crippen MR) is 61.5 cm³/mol. The van der Waals surface area contributed by atoms with E-state index in [-0.39, 0.29) is 17.9 Å². The Morgan fingerprint density at radius 1 is 1.35 bits per heavy atom. The molecular formula is C12H16F2N2O.